The molecule has 3 unspecified atom stereocenters. The standard InChI is InChI=1S/C27H29NO6/c1-15-23(27(30)34-5)24(19-7-6-8-22(32-3)26(19)33-4)25-20(28-15)13-17(14-21(25)29)16-9-11-18(31-2)12-10-16/h6-13,17,24-25,28H,14H2,1-5H3. The number of benzene rings is 2. The molecule has 1 aliphatic carbocycles. The first-order valence-electron chi connectivity index (χ1n) is 11.1. The van der Waals surface area contributed by atoms with Crippen LogP contribution in [0.15, 0.2) is 65.5 Å². The van der Waals surface area contributed by atoms with E-state index in [0.717, 1.165) is 17.0 Å². The Morgan fingerprint density at radius 2 is 1.68 bits per heavy atom. The summed E-state index contributed by atoms with van der Waals surface area (Å²) in [6.07, 6.45) is 2.41. The van der Waals surface area contributed by atoms with Gasteiger partial charge < -0.3 is 24.3 Å². The number of Topliss-reactive ketones (excluding diaryl/α,β-unsaturated/α-hetero) is 1. The Morgan fingerprint density at radius 1 is 0.941 bits per heavy atom. The summed E-state index contributed by atoms with van der Waals surface area (Å²) in [5.41, 5.74) is 3.56. The number of rotatable bonds is 6. The molecule has 0 amide bonds. The van der Waals surface area contributed by atoms with Gasteiger partial charge in [-0.2, -0.15) is 0 Å². The van der Waals surface area contributed by atoms with E-state index in [2.05, 4.69) is 11.4 Å². The summed E-state index contributed by atoms with van der Waals surface area (Å²) in [6, 6.07) is 13.2. The summed E-state index contributed by atoms with van der Waals surface area (Å²) < 4.78 is 21.5. The maximum absolute atomic E-state index is 13.7. The zero-order chi connectivity index (χ0) is 24.4. The summed E-state index contributed by atoms with van der Waals surface area (Å²) in [7, 11) is 6.08. The summed E-state index contributed by atoms with van der Waals surface area (Å²) in [4.78, 5) is 26.6. The van der Waals surface area contributed by atoms with Crippen LogP contribution >= 0.6 is 0 Å². The predicted octanol–water partition coefficient (Wildman–Crippen LogP) is 4.10. The van der Waals surface area contributed by atoms with E-state index in [1.54, 1.807) is 27.4 Å². The smallest absolute Gasteiger partial charge is 0.336 e. The number of fused-ring (bicyclic) bond motifs is 1. The van der Waals surface area contributed by atoms with Gasteiger partial charge in [-0.15, -0.1) is 0 Å². The maximum Gasteiger partial charge on any atom is 0.336 e. The number of hydrogen-bond acceptors (Lipinski definition) is 7. The Labute approximate surface area is 199 Å². The van der Waals surface area contributed by atoms with Gasteiger partial charge in [0.2, 0.25) is 0 Å². The van der Waals surface area contributed by atoms with Crippen molar-refractivity contribution in [3.63, 3.8) is 0 Å². The number of methoxy groups -OCH3 is 4. The number of hydrogen-bond donors (Lipinski definition) is 1. The van der Waals surface area contributed by atoms with Crippen LogP contribution in [0.3, 0.4) is 0 Å². The molecule has 4 rings (SSSR count). The molecular weight excluding hydrogens is 434 g/mol. The highest BCUT2D eigenvalue weighted by Gasteiger charge is 2.46. The van der Waals surface area contributed by atoms with E-state index in [-0.39, 0.29) is 11.7 Å². The van der Waals surface area contributed by atoms with Crippen molar-refractivity contribution in [2.45, 2.75) is 25.2 Å². The third-order valence-corrected chi connectivity index (χ3v) is 6.58. The molecule has 0 saturated heterocycles. The molecule has 0 spiro atoms. The van der Waals surface area contributed by atoms with Crippen molar-refractivity contribution in [1.29, 1.82) is 0 Å². The third-order valence-electron chi connectivity index (χ3n) is 6.58. The Morgan fingerprint density at radius 3 is 2.29 bits per heavy atom. The molecule has 34 heavy (non-hydrogen) atoms. The van der Waals surface area contributed by atoms with E-state index in [0.29, 0.717) is 34.8 Å². The van der Waals surface area contributed by atoms with Crippen molar-refractivity contribution in [2.75, 3.05) is 28.4 Å². The molecule has 0 saturated carbocycles. The number of ether oxygens (including phenoxy) is 4. The van der Waals surface area contributed by atoms with E-state index >= 15 is 0 Å². The molecule has 178 valence electrons. The molecule has 0 aromatic heterocycles. The lowest BCUT2D eigenvalue weighted by Crippen LogP contribution is -2.42. The van der Waals surface area contributed by atoms with Gasteiger partial charge >= 0.3 is 5.97 Å². The Hall–Kier alpha value is -3.74. The van der Waals surface area contributed by atoms with Gasteiger partial charge in [0, 0.05) is 35.2 Å². The zero-order valence-electron chi connectivity index (χ0n) is 20.0. The highest BCUT2D eigenvalue weighted by atomic mass is 16.5. The number of allylic oxidation sites excluding steroid dienone is 3. The Bertz CT molecular complexity index is 1160. The molecule has 2 aromatic carbocycles. The van der Waals surface area contributed by atoms with E-state index in [9.17, 15) is 9.59 Å². The monoisotopic (exact) mass is 463 g/mol. The van der Waals surface area contributed by atoms with Crippen LogP contribution in [0.5, 0.6) is 17.2 Å². The van der Waals surface area contributed by atoms with Gasteiger partial charge in [0.15, 0.2) is 11.5 Å². The van der Waals surface area contributed by atoms with Crippen LogP contribution < -0.4 is 19.5 Å². The van der Waals surface area contributed by atoms with E-state index in [1.807, 2.05) is 43.3 Å². The molecular formula is C27H29NO6. The van der Waals surface area contributed by atoms with Crippen LogP contribution in [-0.4, -0.2) is 40.2 Å². The van der Waals surface area contributed by atoms with E-state index in [1.165, 1.54) is 7.11 Å². The highest BCUT2D eigenvalue weighted by Crippen LogP contribution is 2.49. The molecule has 2 aliphatic rings. The lowest BCUT2D eigenvalue weighted by atomic mass is 9.68. The average molecular weight is 464 g/mol. The molecule has 1 heterocycles. The minimum Gasteiger partial charge on any atom is -0.497 e. The second-order valence-corrected chi connectivity index (χ2v) is 8.37. The minimum absolute atomic E-state index is 0.0367. The van der Waals surface area contributed by atoms with Crippen molar-refractivity contribution in [3.05, 3.63) is 76.6 Å². The van der Waals surface area contributed by atoms with Gasteiger partial charge in [-0.25, -0.2) is 4.79 Å². The number of ketones is 1. The first-order chi connectivity index (χ1) is 16.4. The summed E-state index contributed by atoms with van der Waals surface area (Å²) >= 11 is 0. The number of esters is 1. The van der Waals surface area contributed by atoms with E-state index in [4.69, 9.17) is 18.9 Å². The molecule has 7 nitrogen and oxygen atoms in total. The number of nitrogens with one attached hydrogen (secondary N) is 1. The Kier molecular flexibility index (Phi) is 6.63. The van der Waals surface area contributed by atoms with Crippen LogP contribution in [0, 0.1) is 5.92 Å². The first kappa shape index (κ1) is 23.4. The van der Waals surface area contributed by atoms with Crippen molar-refractivity contribution in [3.8, 4) is 17.2 Å². The van der Waals surface area contributed by atoms with Gasteiger partial charge in [0.1, 0.15) is 11.5 Å². The molecule has 3 atom stereocenters. The fourth-order valence-electron chi connectivity index (χ4n) is 5.01. The molecule has 0 bridgehead atoms. The summed E-state index contributed by atoms with van der Waals surface area (Å²) in [5, 5.41) is 3.32. The first-order valence-corrected chi connectivity index (χ1v) is 11.1. The number of para-hydroxylation sites is 1. The largest absolute Gasteiger partial charge is 0.497 e. The van der Waals surface area contributed by atoms with Crippen molar-refractivity contribution in [1.82, 2.24) is 5.32 Å². The van der Waals surface area contributed by atoms with Gasteiger partial charge in [-0.05, 0) is 30.7 Å². The van der Waals surface area contributed by atoms with Crippen LogP contribution in [-0.2, 0) is 14.3 Å². The quantitative estimate of drug-likeness (QED) is 0.646. The van der Waals surface area contributed by atoms with Gasteiger partial charge in [0.05, 0.1) is 39.9 Å². The summed E-state index contributed by atoms with van der Waals surface area (Å²) in [6.45, 7) is 1.82. The van der Waals surface area contributed by atoms with Crippen molar-refractivity contribution >= 4 is 11.8 Å². The molecule has 2 aromatic rings. The maximum atomic E-state index is 13.7. The zero-order valence-corrected chi connectivity index (χ0v) is 20.0. The second kappa shape index (κ2) is 9.63. The van der Waals surface area contributed by atoms with Crippen LogP contribution in [0.2, 0.25) is 0 Å². The predicted molar refractivity (Wildman–Crippen MR) is 127 cm³/mol. The second-order valence-electron chi connectivity index (χ2n) is 8.37. The van der Waals surface area contributed by atoms with Gasteiger partial charge in [-0.1, -0.05) is 30.3 Å². The normalized spacial score (nSPS) is 21.7. The van der Waals surface area contributed by atoms with Crippen LogP contribution in [0.4, 0.5) is 0 Å². The lowest BCUT2D eigenvalue weighted by Gasteiger charge is -2.39. The topological polar surface area (TPSA) is 83.1 Å². The molecule has 0 radical (unpaired) electrons. The molecule has 0 fully saturated rings. The fourth-order valence-corrected chi connectivity index (χ4v) is 5.01. The molecule has 1 N–H and O–H groups in total. The summed E-state index contributed by atoms with van der Waals surface area (Å²) in [5.74, 6) is 0.110. The lowest BCUT2D eigenvalue weighted by molar-refractivity contribution is -0.136. The van der Waals surface area contributed by atoms with Crippen LogP contribution in [0.1, 0.15) is 36.3 Å². The number of carbonyl (C=O) groups excluding carboxylic acids is 2. The van der Waals surface area contributed by atoms with Gasteiger partial charge in [-0.3, -0.25) is 4.79 Å². The third kappa shape index (κ3) is 4.02. The Balaban J connectivity index is 1.86. The SMILES string of the molecule is COC(=O)C1=C(C)NC2=CC(c3ccc(OC)cc3)CC(=O)C2C1c1cccc(OC)c1OC. The molecule has 1 aliphatic heterocycles. The van der Waals surface area contributed by atoms with Crippen molar-refractivity contribution in [2.24, 2.45) is 5.92 Å². The van der Waals surface area contributed by atoms with Gasteiger partial charge in [0.25, 0.3) is 0 Å². The minimum atomic E-state index is -0.576. The number of carbonyl (C=O) groups is 2. The van der Waals surface area contributed by atoms with E-state index < -0.39 is 17.8 Å². The fraction of sp³-hybridized carbons (Fsp3) is 0.333. The molecule has 7 heteroatoms. The highest BCUT2D eigenvalue weighted by molar-refractivity contribution is 5.96. The average Bonchev–Trinajstić information content (AvgIpc) is 2.86. The van der Waals surface area contributed by atoms with Crippen LogP contribution in [0.25, 0.3) is 0 Å². The van der Waals surface area contributed by atoms with Crippen molar-refractivity contribution < 1.29 is 28.5 Å².